The smallest absolute Gasteiger partial charge is 0.288 e. The molecule has 1 heterocycles. The summed E-state index contributed by atoms with van der Waals surface area (Å²) in [4.78, 5) is 49.2. The van der Waals surface area contributed by atoms with Crippen LogP contribution in [0.3, 0.4) is 0 Å². The quantitative estimate of drug-likeness (QED) is 0.526. The van der Waals surface area contributed by atoms with Crippen LogP contribution in [-0.2, 0) is 20.8 Å². The van der Waals surface area contributed by atoms with Crippen LogP contribution < -0.4 is 5.32 Å². The lowest BCUT2D eigenvalue weighted by Crippen LogP contribution is -2.38. The van der Waals surface area contributed by atoms with Crippen molar-refractivity contribution in [3.05, 3.63) is 77.5 Å². The Bertz CT molecular complexity index is 873. The van der Waals surface area contributed by atoms with Crippen molar-refractivity contribution in [1.29, 1.82) is 0 Å². The molecule has 6 nitrogen and oxygen atoms in total. The maximum atomic E-state index is 12.4. The Kier molecular flexibility index (Phi) is 4.52. The summed E-state index contributed by atoms with van der Waals surface area (Å²) in [5.74, 6) is -2.51. The molecule has 25 heavy (non-hydrogen) atoms. The lowest BCUT2D eigenvalue weighted by Gasteiger charge is -2.12. The van der Waals surface area contributed by atoms with Gasteiger partial charge in [0.15, 0.2) is 0 Å². The van der Waals surface area contributed by atoms with E-state index in [0.717, 1.165) is 0 Å². The molecule has 2 aromatic rings. The highest BCUT2D eigenvalue weighted by molar-refractivity contribution is 6.42. The number of ketones is 1. The summed E-state index contributed by atoms with van der Waals surface area (Å²) in [6.07, 6.45) is 1.25. The standard InChI is InChI=1S/C19H14N2O4/c22-16(12-14-9-5-2-6-10-14)18(24)21-15(17(23)20-19(21)25)11-13-7-3-1-4-8-13/h1-11H,12H2,(H,20,23,25)/b15-11-. The summed E-state index contributed by atoms with van der Waals surface area (Å²) >= 11 is 0. The number of amides is 4. The molecule has 1 fully saturated rings. The molecule has 0 saturated carbocycles. The number of carbonyl (C=O) groups is 4. The zero-order chi connectivity index (χ0) is 17.8. The third kappa shape index (κ3) is 3.53. The number of imide groups is 2. The zero-order valence-corrected chi connectivity index (χ0v) is 13.1. The van der Waals surface area contributed by atoms with Gasteiger partial charge in [-0.05, 0) is 17.2 Å². The van der Waals surface area contributed by atoms with Gasteiger partial charge in [0.05, 0.1) is 0 Å². The average molecular weight is 334 g/mol. The molecule has 3 rings (SSSR count). The van der Waals surface area contributed by atoms with Crippen molar-refractivity contribution in [2.24, 2.45) is 0 Å². The van der Waals surface area contributed by atoms with Gasteiger partial charge in [0.25, 0.3) is 5.91 Å². The molecular weight excluding hydrogens is 320 g/mol. The van der Waals surface area contributed by atoms with Crippen molar-refractivity contribution >= 4 is 29.7 Å². The van der Waals surface area contributed by atoms with Crippen molar-refractivity contribution in [1.82, 2.24) is 10.2 Å². The number of benzene rings is 2. The molecule has 124 valence electrons. The molecule has 0 radical (unpaired) electrons. The van der Waals surface area contributed by atoms with E-state index in [1.807, 2.05) is 5.32 Å². The van der Waals surface area contributed by atoms with Crippen molar-refractivity contribution in [3.8, 4) is 0 Å². The summed E-state index contributed by atoms with van der Waals surface area (Å²) in [5, 5.41) is 2.04. The van der Waals surface area contributed by atoms with Gasteiger partial charge in [0.2, 0.25) is 5.78 Å². The summed E-state index contributed by atoms with van der Waals surface area (Å²) in [6, 6.07) is 16.6. The Morgan fingerprint density at radius 1 is 0.920 bits per heavy atom. The predicted octanol–water partition coefficient (Wildman–Crippen LogP) is 1.92. The molecule has 0 aromatic heterocycles. The van der Waals surface area contributed by atoms with Gasteiger partial charge in [0, 0.05) is 6.42 Å². The molecule has 0 unspecified atom stereocenters. The summed E-state index contributed by atoms with van der Waals surface area (Å²) in [6.45, 7) is 0. The van der Waals surface area contributed by atoms with Crippen LogP contribution in [-0.4, -0.2) is 28.5 Å². The number of rotatable bonds is 4. The topological polar surface area (TPSA) is 83.6 Å². The van der Waals surface area contributed by atoms with Gasteiger partial charge in [-0.15, -0.1) is 0 Å². The SMILES string of the molecule is O=C(Cc1ccccc1)C(=O)N1C(=O)NC(=O)/C1=C/c1ccccc1. The van der Waals surface area contributed by atoms with Crippen LogP contribution in [0.15, 0.2) is 66.4 Å². The number of carbonyl (C=O) groups excluding carboxylic acids is 4. The van der Waals surface area contributed by atoms with Crippen LogP contribution in [0.1, 0.15) is 11.1 Å². The predicted molar refractivity (Wildman–Crippen MR) is 90.0 cm³/mol. The fourth-order valence-corrected chi connectivity index (χ4v) is 2.45. The first-order valence-electron chi connectivity index (χ1n) is 7.59. The van der Waals surface area contributed by atoms with Gasteiger partial charge in [-0.2, -0.15) is 0 Å². The molecule has 1 aliphatic rings. The highest BCUT2D eigenvalue weighted by Crippen LogP contribution is 2.18. The van der Waals surface area contributed by atoms with E-state index in [0.29, 0.717) is 16.0 Å². The Balaban J connectivity index is 1.86. The number of nitrogens with zero attached hydrogens (tertiary/aromatic N) is 1. The first kappa shape index (κ1) is 16.3. The molecular formula is C19H14N2O4. The van der Waals surface area contributed by atoms with Crippen molar-refractivity contribution in [3.63, 3.8) is 0 Å². The maximum absolute atomic E-state index is 12.4. The third-order valence-electron chi connectivity index (χ3n) is 3.65. The molecule has 1 aliphatic heterocycles. The monoisotopic (exact) mass is 334 g/mol. The second-order valence-corrected chi connectivity index (χ2v) is 5.43. The van der Waals surface area contributed by atoms with E-state index < -0.39 is 23.6 Å². The molecule has 0 atom stereocenters. The molecule has 4 amide bonds. The summed E-state index contributed by atoms with van der Waals surface area (Å²) < 4.78 is 0. The van der Waals surface area contributed by atoms with Crippen LogP contribution in [0.25, 0.3) is 6.08 Å². The molecule has 2 aromatic carbocycles. The Morgan fingerprint density at radius 2 is 1.52 bits per heavy atom. The van der Waals surface area contributed by atoms with Crippen LogP contribution in [0.2, 0.25) is 0 Å². The Labute approximate surface area is 143 Å². The number of nitrogens with one attached hydrogen (secondary N) is 1. The summed E-state index contributed by atoms with van der Waals surface area (Å²) in [5.41, 5.74) is 1.12. The third-order valence-corrected chi connectivity index (χ3v) is 3.65. The van der Waals surface area contributed by atoms with Gasteiger partial charge < -0.3 is 0 Å². The number of urea groups is 1. The highest BCUT2D eigenvalue weighted by Gasteiger charge is 2.40. The minimum atomic E-state index is -1.03. The van der Waals surface area contributed by atoms with Gasteiger partial charge in [-0.1, -0.05) is 60.7 Å². The van der Waals surface area contributed by atoms with E-state index in [1.165, 1.54) is 6.08 Å². The second kappa shape index (κ2) is 6.92. The normalized spacial score (nSPS) is 15.4. The fraction of sp³-hybridized carbons (Fsp3) is 0.0526. The van der Waals surface area contributed by atoms with Crippen molar-refractivity contribution in [2.45, 2.75) is 6.42 Å². The number of hydrogen-bond donors (Lipinski definition) is 1. The highest BCUT2D eigenvalue weighted by atomic mass is 16.2. The minimum Gasteiger partial charge on any atom is -0.288 e. The van der Waals surface area contributed by atoms with E-state index in [2.05, 4.69) is 0 Å². The Hall–Kier alpha value is -3.54. The van der Waals surface area contributed by atoms with Crippen LogP contribution in [0.5, 0.6) is 0 Å². The van der Waals surface area contributed by atoms with Crippen molar-refractivity contribution < 1.29 is 19.2 Å². The van der Waals surface area contributed by atoms with E-state index >= 15 is 0 Å². The summed E-state index contributed by atoms with van der Waals surface area (Å²) in [7, 11) is 0. The molecule has 0 spiro atoms. The van der Waals surface area contributed by atoms with E-state index in [1.54, 1.807) is 60.7 Å². The van der Waals surface area contributed by atoms with Gasteiger partial charge in [-0.3, -0.25) is 19.7 Å². The average Bonchev–Trinajstić information content (AvgIpc) is 2.89. The lowest BCUT2D eigenvalue weighted by atomic mass is 10.1. The molecule has 6 heteroatoms. The van der Waals surface area contributed by atoms with E-state index in [9.17, 15) is 19.2 Å². The molecule has 1 saturated heterocycles. The van der Waals surface area contributed by atoms with Crippen LogP contribution in [0.4, 0.5) is 4.79 Å². The minimum absolute atomic E-state index is 0.143. The van der Waals surface area contributed by atoms with Crippen molar-refractivity contribution in [2.75, 3.05) is 0 Å². The molecule has 0 bridgehead atoms. The van der Waals surface area contributed by atoms with Crippen LogP contribution >= 0.6 is 0 Å². The molecule has 0 aliphatic carbocycles. The van der Waals surface area contributed by atoms with E-state index in [-0.39, 0.29) is 12.1 Å². The number of Topliss-reactive ketones (excluding diaryl/α,β-unsaturated/α-hetero) is 1. The maximum Gasteiger partial charge on any atom is 0.336 e. The van der Waals surface area contributed by atoms with Gasteiger partial charge in [-0.25, -0.2) is 9.69 Å². The Morgan fingerprint density at radius 3 is 2.16 bits per heavy atom. The van der Waals surface area contributed by atoms with Crippen LogP contribution in [0, 0.1) is 0 Å². The largest absolute Gasteiger partial charge is 0.336 e. The number of hydrogen-bond acceptors (Lipinski definition) is 4. The van der Waals surface area contributed by atoms with Gasteiger partial charge >= 0.3 is 11.9 Å². The zero-order valence-electron chi connectivity index (χ0n) is 13.1. The van der Waals surface area contributed by atoms with Gasteiger partial charge in [0.1, 0.15) is 5.70 Å². The first-order chi connectivity index (χ1) is 12.1. The molecule has 1 N–H and O–H groups in total. The van der Waals surface area contributed by atoms with E-state index in [4.69, 9.17) is 0 Å². The second-order valence-electron chi connectivity index (χ2n) is 5.43. The first-order valence-corrected chi connectivity index (χ1v) is 7.59. The fourth-order valence-electron chi connectivity index (χ4n) is 2.45. The lowest BCUT2D eigenvalue weighted by molar-refractivity contribution is -0.141.